The fraction of sp³-hybridized carbons (Fsp3) is 0.368. The molecule has 1 atom stereocenters. The van der Waals surface area contributed by atoms with Gasteiger partial charge in [0, 0.05) is 12.6 Å². The second kappa shape index (κ2) is 10.9. The molecule has 2 N–H and O–H groups in total. The van der Waals surface area contributed by atoms with E-state index in [2.05, 4.69) is 12.2 Å². The van der Waals surface area contributed by atoms with Gasteiger partial charge in [0.05, 0.1) is 13.7 Å². The molecule has 0 saturated carbocycles. The molecule has 2 aromatic carbocycles. The van der Waals surface area contributed by atoms with Gasteiger partial charge in [-0.2, -0.15) is 0 Å². The molecule has 0 bridgehead atoms. The Morgan fingerprint density at radius 3 is 2.42 bits per heavy atom. The van der Waals surface area contributed by atoms with Gasteiger partial charge in [-0.1, -0.05) is 43.3 Å². The molecule has 0 radical (unpaired) electrons. The molecule has 2 aromatic rings. The predicted octanol–water partition coefficient (Wildman–Crippen LogP) is 3.56. The minimum absolute atomic E-state index is 0. The molecule has 0 aliphatic carbocycles. The van der Waals surface area contributed by atoms with E-state index in [0.717, 1.165) is 29.0 Å². The van der Waals surface area contributed by atoms with Gasteiger partial charge in [-0.3, -0.25) is 0 Å². The summed E-state index contributed by atoms with van der Waals surface area (Å²) in [7, 11) is 1.64. The quantitative estimate of drug-likeness (QED) is 0.725. The Kier molecular flexibility index (Phi) is 9.23. The van der Waals surface area contributed by atoms with Crippen molar-refractivity contribution in [1.82, 2.24) is 5.32 Å². The van der Waals surface area contributed by atoms with E-state index in [1.54, 1.807) is 7.11 Å². The highest BCUT2D eigenvalue weighted by Gasteiger charge is 2.08. The van der Waals surface area contributed by atoms with Crippen LogP contribution in [0.5, 0.6) is 11.5 Å². The fourth-order valence-corrected chi connectivity index (χ4v) is 2.28. The second-order valence-electron chi connectivity index (χ2n) is 5.43. The molecule has 0 heterocycles. The molecule has 0 spiro atoms. The lowest BCUT2D eigenvalue weighted by molar-refractivity contribution is 0.238. The van der Waals surface area contributed by atoms with Crippen LogP contribution in [0.1, 0.15) is 24.5 Å². The van der Waals surface area contributed by atoms with Crippen molar-refractivity contribution in [3.63, 3.8) is 0 Å². The summed E-state index contributed by atoms with van der Waals surface area (Å²) in [6.45, 7) is 3.40. The number of aliphatic hydroxyl groups excluding tert-OH is 1. The number of ether oxygens (including phenoxy) is 2. The van der Waals surface area contributed by atoms with Crippen LogP contribution >= 0.6 is 12.4 Å². The first-order valence-corrected chi connectivity index (χ1v) is 7.94. The third-order valence-corrected chi connectivity index (χ3v) is 3.77. The Morgan fingerprint density at radius 1 is 1.04 bits per heavy atom. The number of nitrogens with one attached hydrogen (secondary N) is 1. The van der Waals surface area contributed by atoms with Crippen LogP contribution in [0.2, 0.25) is 0 Å². The molecule has 5 heteroatoms. The van der Waals surface area contributed by atoms with E-state index in [1.165, 1.54) is 0 Å². The van der Waals surface area contributed by atoms with E-state index in [0.29, 0.717) is 13.2 Å². The molecule has 0 aliphatic heterocycles. The van der Waals surface area contributed by atoms with Gasteiger partial charge in [0.15, 0.2) is 11.5 Å². The van der Waals surface area contributed by atoms with Crippen molar-refractivity contribution in [2.24, 2.45) is 0 Å². The maximum Gasteiger partial charge on any atom is 0.161 e. The van der Waals surface area contributed by atoms with Gasteiger partial charge in [-0.05, 0) is 29.7 Å². The minimum atomic E-state index is 0. The van der Waals surface area contributed by atoms with Gasteiger partial charge in [0.2, 0.25) is 0 Å². The van der Waals surface area contributed by atoms with Gasteiger partial charge in [-0.15, -0.1) is 12.4 Å². The van der Waals surface area contributed by atoms with E-state index in [9.17, 15) is 5.11 Å². The first kappa shape index (κ1) is 20.3. The zero-order valence-corrected chi connectivity index (χ0v) is 15.0. The summed E-state index contributed by atoms with van der Waals surface area (Å²) in [4.78, 5) is 0. The SMILES string of the molecule is CCC(CO)NCc1ccc(OCc2ccccc2)c(OC)c1.Cl. The topological polar surface area (TPSA) is 50.7 Å². The third kappa shape index (κ3) is 6.04. The molecule has 0 aromatic heterocycles. The Morgan fingerprint density at radius 2 is 1.79 bits per heavy atom. The van der Waals surface area contributed by atoms with Gasteiger partial charge in [-0.25, -0.2) is 0 Å². The van der Waals surface area contributed by atoms with Crippen molar-refractivity contribution in [1.29, 1.82) is 0 Å². The van der Waals surface area contributed by atoms with E-state index in [4.69, 9.17) is 9.47 Å². The van der Waals surface area contributed by atoms with Crippen LogP contribution in [0.4, 0.5) is 0 Å². The highest BCUT2D eigenvalue weighted by Crippen LogP contribution is 2.28. The number of hydrogen-bond acceptors (Lipinski definition) is 4. The van der Waals surface area contributed by atoms with Gasteiger partial charge in [0.25, 0.3) is 0 Å². The average molecular weight is 352 g/mol. The third-order valence-electron chi connectivity index (χ3n) is 3.77. The number of halogens is 1. The molecule has 0 saturated heterocycles. The standard InChI is InChI=1S/C19H25NO3.ClH/c1-3-17(13-21)20-12-16-9-10-18(19(11-16)22-2)23-14-15-7-5-4-6-8-15;/h4-11,17,20-21H,3,12-14H2,1-2H3;1H. The summed E-state index contributed by atoms with van der Waals surface area (Å²) in [5.74, 6) is 1.45. The Labute approximate surface area is 150 Å². The first-order valence-electron chi connectivity index (χ1n) is 7.94. The summed E-state index contributed by atoms with van der Waals surface area (Å²) < 4.78 is 11.3. The molecule has 0 fully saturated rings. The average Bonchev–Trinajstić information content (AvgIpc) is 2.62. The lowest BCUT2D eigenvalue weighted by Crippen LogP contribution is -2.31. The van der Waals surface area contributed by atoms with E-state index in [-0.39, 0.29) is 25.1 Å². The lowest BCUT2D eigenvalue weighted by atomic mass is 10.1. The van der Waals surface area contributed by atoms with E-state index in [1.807, 2.05) is 48.5 Å². The molecule has 2 rings (SSSR count). The van der Waals surface area contributed by atoms with Gasteiger partial charge < -0.3 is 19.9 Å². The van der Waals surface area contributed by atoms with Crippen molar-refractivity contribution in [3.05, 3.63) is 59.7 Å². The summed E-state index contributed by atoms with van der Waals surface area (Å²) in [6.07, 6.45) is 0.895. The lowest BCUT2D eigenvalue weighted by Gasteiger charge is -2.16. The molecular weight excluding hydrogens is 326 g/mol. The maximum atomic E-state index is 9.22. The van der Waals surface area contributed by atoms with Crippen molar-refractivity contribution in [2.75, 3.05) is 13.7 Å². The number of benzene rings is 2. The van der Waals surface area contributed by atoms with Crippen LogP contribution in [-0.4, -0.2) is 24.9 Å². The molecule has 132 valence electrons. The van der Waals surface area contributed by atoms with E-state index >= 15 is 0 Å². The zero-order chi connectivity index (χ0) is 16.5. The van der Waals surface area contributed by atoms with Crippen LogP contribution in [0.3, 0.4) is 0 Å². The Hall–Kier alpha value is -1.75. The molecule has 24 heavy (non-hydrogen) atoms. The van der Waals surface area contributed by atoms with Crippen LogP contribution in [-0.2, 0) is 13.2 Å². The predicted molar refractivity (Wildman–Crippen MR) is 99.0 cm³/mol. The normalized spacial score (nSPS) is 11.5. The van der Waals surface area contributed by atoms with E-state index < -0.39 is 0 Å². The Balaban J connectivity index is 0.00000288. The molecular formula is C19H26ClNO3. The second-order valence-corrected chi connectivity index (χ2v) is 5.43. The minimum Gasteiger partial charge on any atom is -0.493 e. The summed E-state index contributed by atoms with van der Waals surface area (Å²) in [5, 5.41) is 12.5. The molecule has 0 aliphatic rings. The molecule has 4 nitrogen and oxygen atoms in total. The van der Waals surface area contributed by atoms with Crippen LogP contribution in [0.25, 0.3) is 0 Å². The number of methoxy groups -OCH3 is 1. The highest BCUT2D eigenvalue weighted by molar-refractivity contribution is 5.85. The number of hydrogen-bond donors (Lipinski definition) is 2. The Bertz CT molecular complexity index is 588. The summed E-state index contributed by atoms with van der Waals surface area (Å²) in [5.41, 5.74) is 2.22. The van der Waals surface area contributed by atoms with Crippen LogP contribution in [0.15, 0.2) is 48.5 Å². The van der Waals surface area contributed by atoms with Crippen molar-refractivity contribution in [2.45, 2.75) is 32.5 Å². The monoisotopic (exact) mass is 351 g/mol. The number of rotatable bonds is 9. The molecule has 0 amide bonds. The van der Waals surface area contributed by atoms with Crippen LogP contribution < -0.4 is 14.8 Å². The van der Waals surface area contributed by atoms with Crippen molar-refractivity contribution < 1.29 is 14.6 Å². The van der Waals surface area contributed by atoms with Crippen molar-refractivity contribution in [3.8, 4) is 11.5 Å². The largest absolute Gasteiger partial charge is 0.493 e. The summed E-state index contributed by atoms with van der Waals surface area (Å²) in [6, 6.07) is 16.1. The van der Waals surface area contributed by atoms with Crippen LogP contribution in [0, 0.1) is 0 Å². The smallest absolute Gasteiger partial charge is 0.161 e. The first-order chi connectivity index (χ1) is 11.3. The van der Waals surface area contributed by atoms with Gasteiger partial charge in [0.1, 0.15) is 6.61 Å². The maximum absolute atomic E-state index is 9.22. The zero-order valence-electron chi connectivity index (χ0n) is 14.2. The molecule has 1 unspecified atom stereocenters. The summed E-state index contributed by atoms with van der Waals surface area (Å²) >= 11 is 0. The van der Waals surface area contributed by atoms with Crippen molar-refractivity contribution >= 4 is 12.4 Å². The fourth-order valence-electron chi connectivity index (χ4n) is 2.28. The number of aliphatic hydroxyl groups is 1. The van der Waals surface area contributed by atoms with Gasteiger partial charge >= 0.3 is 0 Å². The highest BCUT2D eigenvalue weighted by atomic mass is 35.5.